The Morgan fingerprint density at radius 2 is 1.41 bits per heavy atom. The standard InChI is InChI=1S/C33H40N6O2/c1-36-16-18-38(19-17-36)23-26-4-2-25(3-5-26)22-37-13-10-28(11-14-37)31-20-30-12-15-39(32(30)34-21-31)24-27-6-8-29(9-7-27)33(40)35-41/h2-9,12,15,20-21,28,41H,10-11,13-14,16-19,22-24H2,1H3,(H,35,40). The largest absolute Gasteiger partial charge is 0.328 e. The van der Waals surface area contributed by atoms with E-state index >= 15 is 0 Å². The topological polar surface area (TPSA) is 76.9 Å². The van der Waals surface area contributed by atoms with Crippen molar-refractivity contribution in [2.24, 2.45) is 0 Å². The Labute approximate surface area is 242 Å². The Kier molecular flexibility index (Phi) is 8.43. The molecule has 0 unspecified atom stereocenters. The Balaban J connectivity index is 1.01. The molecule has 8 nitrogen and oxygen atoms in total. The molecule has 0 bridgehead atoms. The molecule has 2 fully saturated rings. The van der Waals surface area contributed by atoms with Crippen LogP contribution in [0.2, 0.25) is 0 Å². The zero-order valence-corrected chi connectivity index (χ0v) is 23.9. The summed E-state index contributed by atoms with van der Waals surface area (Å²) in [5.41, 5.74) is 8.29. The fourth-order valence-corrected chi connectivity index (χ4v) is 6.17. The summed E-state index contributed by atoms with van der Waals surface area (Å²) >= 11 is 0. The highest BCUT2D eigenvalue weighted by atomic mass is 16.5. The van der Waals surface area contributed by atoms with Gasteiger partial charge in [0.1, 0.15) is 5.65 Å². The number of hydrogen-bond acceptors (Lipinski definition) is 6. The van der Waals surface area contributed by atoms with Crippen molar-refractivity contribution in [3.05, 3.63) is 101 Å². The minimum atomic E-state index is -0.506. The van der Waals surface area contributed by atoms with Crippen LogP contribution in [0.1, 0.15) is 51.4 Å². The lowest BCUT2D eigenvalue weighted by atomic mass is 9.90. The first-order valence-corrected chi connectivity index (χ1v) is 14.7. The van der Waals surface area contributed by atoms with Crippen molar-refractivity contribution in [1.82, 2.24) is 29.7 Å². The van der Waals surface area contributed by atoms with Crippen molar-refractivity contribution in [2.75, 3.05) is 46.3 Å². The smallest absolute Gasteiger partial charge is 0.274 e. The van der Waals surface area contributed by atoms with E-state index in [1.54, 1.807) is 17.6 Å². The summed E-state index contributed by atoms with van der Waals surface area (Å²) in [6, 6.07) is 21.0. The van der Waals surface area contributed by atoms with Gasteiger partial charge in [-0.2, -0.15) is 0 Å². The highest BCUT2D eigenvalue weighted by Gasteiger charge is 2.22. The summed E-state index contributed by atoms with van der Waals surface area (Å²) in [6.45, 7) is 9.61. The number of carbonyl (C=O) groups is 1. The molecule has 8 heteroatoms. The second-order valence-electron chi connectivity index (χ2n) is 11.7. The molecule has 2 aliphatic rings. The van der Waals surface area contributed by atoms with Crippen molar-refractivity contribution in [2.45, 2.75) is 38.4 Å². The minimum absolute atomic E-state index is 0.428. The molecule has 2 aliphatic heterocycles. The molecule has 214 valence electrons. The normalized spacial score (nSPS) is 17.7. The molecule has 2 aromatic heterocycles. The monoisotopic (exact) mass is 552 g/mol. The number of amides is 1. The van der Waals surface area contributed by atoms with Gasteiger partial charge < -0.3 is 9.47 Å². The number of hydrogen-bond donors (Lipinski definition) is 2. The summed E-state index contributed by atoms with van der Waals surface area (Å²) in [5.74, 6) is 0.0384. The van der Waals surface area contributed by atoms with E-state index in [0.29, 0.717) is 18.0 Å². The Bertz CT molecular complexity index is 1450. The number of piperazine rings is 1. The van der Waals surface area contributed by atoms with Crippen LogP contribution in [0.3, 0.4) is 0 Å². The molecule has 4 heterocycles. The van der Waals surface area contributed by atoms with Crippen LogP contribution in [-0.4, -0.2) is 81.7 Å². The van der Waals surface area contributed by atoms with E-state index in [1.807, 2.05) is 12.1 Å². The summed E-state index contributed by atoms with van der Waals surface area (Å²) in [4.78, 5) is 24.0. The van der Waals surface area contributed by atoms with Gasteiger partial charge >= 0.3 is 0 Å². The van der Waals surface area contributed by atoms with E-state index in [9.17, 15) is 4.79 Å². The molecule has 0 radical (unpaired) electrons. The number of likely N-dealkylation sites (tertiary alicyclic amines) is 1. The van der Waals surface area contributed by atoms with E-state index in [0.717, 1.165) is 81.8 Å². The molecule has 2 aromatic carbocycles. The van der Waals surface area contributed by atoms with Crippen LogP contribution in [0.15, 0.2) is 73.1 Å². The molecule has 1 amide bonds. The fraction of sp³-hybridized carbons (Fsp3) is 0.394. The minimum Gasteiger partial charge on any atom is -0.328 e. The SMILES string of the molecule is CN1CCN(Cc2ccc(CN3CCC(c4cnc5c(ccn5Cc5ccc(C(=O)NO)cc5)c4)CC3)cc2)CC1. The maximum atomic E-state index is 11.6. The number of carbonyl (C=O) groups excluding carboxylic acids is 1. The first-order valence-electron chi connectivity index (χ1n) is 14.7. The van der Waals surface area contributed by atoms with Gasteiger partial charge in [-0.05, 0) is 85.4 Å². The Morgan fingerprint density at radius 1 is 0.829 bits per heavy atom. The number of rotatable bonds is 8. The van der Waals surface area contributed by atoms with E-state index in [1.165, 1.54) is 16.7 Å². The lowest BCUT2D eigenvalue weighted by molar-refractivity contribution is 0.0706. The predicted octanol–water partition coefficient (Wildman–Crippen LogP) is 4.33. The van der Waals surface area contributed by atoms with Crippen LogP contribution in [0.4, 0.5) is 0 Å². The van der Waals surface area contributed by atoms with Crippen LogP contribution < -0.4 is 5.48 Å². The van der Waals surface area contributed by atoms with E-state index in [4.69, 9.17) is 10.2 Å². The third-order valence-electron chi connectivity index (χ3n) is 8.78. The lowest BCUT2D eigenvalue weighted by Gasteiger charge is -2.33. The number of likely N-dealkylation sites (N-methyl/N-ethyl adjacent to an activating group) is 1. The van der Waals surface area contributed by atoms with Crippen molar-refractivity contribution in [1.29, 1.82) is 0 Å². The van der Waals surface area contributed by atoms with Gasteiger partial charge in [0.15, 0.2) is 0 Å². The molecule has 0 saturated carbocycles. The second kappa shape index (κ2) is 12.5. The average Bonchev–Trinajstić information content (AvgIpc) is 3.41. The van der Waals surface area contributed by atoms with Crippen LogP contribution >= 0.6 is 0 Å². The van der Waals surface area contributed by atoms with E-state index < -0.39 is 5.91 Å². The van der Waals surface area contributed by atoms with Gasteiger partial charge in [0, 0.05) is 69.2 Å². The van der Waals surface area contributed by atoms with Crippen LogP contribution in [0.25, 0.3) is 11.0 Å². The maximum absolute atomic E-state index is 11.6. The second-order valence-corrected chi connectivity index (χ2v) is 11.7. The highest BCUT2D eigenvalue weighted by molar-refractivity contribution is 5.93. The Hall–Kier alpha value is -3.56. The molecule has 0 spiro atoms. The molecule has 41 heavy (non-hydrogen) atoms. The summed E-state index contributed by atoms with van der Waals surface area (Å²) in [6.07, 6.45) is 6.45. The molecule has 0 aliphatic carbocycles. The third-order valence-corrected chi connectivity index (χ3v) is 8.78. The van der Waals surface area contributed by atoms with E-state index in [-0.39, 0.29) is 0 Å². The molecule has 2 N–H and O–H groups in total. The number of hydroxylamine groups is 1. The number of fused-ring (bicyclic) bond motifs is 1. The number of benzene rings is 2. The van der Waals surface area contributed by atoms with Gasteiger partial charge in [-0.15, -0.1) is 0 Å². The van der Waals surface area contributed by atoms with Crippen LogP contribution in [0, 0.1) is 0 Å². The quantitative estimate of drug-likeness (QED) is 0.250. The van der Waals surface area contributed by atoms with Gasteiger partial charge in [0.05, 0.1) is 0 Å². The predicted molar refractivity (Wildman–Crippen MR) is 161 cm³/mol. The number of nitrogens with one attached hydrogen (secondary N) is 1. The Morgan fingerprint density at radius 3 is 2.05 bits per heavy atom. The number of pyridine rings is 1. The summed E-state index contributed by atoms with van der Waals surface area (Å²) < 4.78 is 2.14. The maximum Gasteiger partial charge on any atom is 0.274 e. The number of aromatic nitrogens is 2. The molecule has 6 rings (SSSR count). The van der Waals surface area contributed by atoms with Gasteiger partial charge in [-0.3, -0.25) is 19.8 Å². The first-order chi connectivity index (χ1) is 20.0. The molecule has 2 saturated heterocycles. The molecule has 0 atom stereocenters. The zero-order chi connectivity index (χ0) is 28.2. The summed E-state index contributed by atoms with van der Waals surface area (Å²) in [5, 5.41) is 9.98. The van der Waals surface area contributed by atoms with Gasteiger partial charge in [0.2, 0.25) is 0 Å². The van der Waals surface area contributed by atoms with Gasteiger partial charge in [-0.25, -0.2) is 10.5 Å². The highest BCUT2D eigenvalue weighted by Crippen LogP contribution is 2.30. The zero-order valence-electron chi connectivity index (χ0n) is 23.9. The van der Waals surface area contributed by atoms with Crippen LogP contribution in [0.5, 0.6) is 0 Å². The first kappa shape index (κ1) is 27.6. The van der Waals surface area contributed by atoms with Crippen molar-refractivity contribution < 1.29 is 10.0 Å². The average molecular weight is 553 g/mol. The third kappa shape index (κ3) is 6.68. The molecular weight excluding hydrogens is 512 g/mol. The van der Waals surface area contributed by atoms with Gasteiger partial charge in [0.25, 0.3) is 5.91 Å². The van der Waals surface area contributed by atoms with E-state index in [2.05, 4.69) is 75.1 Å². The number of nitrogens with zero attached hydrogens (tertiary/aromatic N) is 5. The van der Waals surface area contributed by atoms with Crippen LogP contribution in [-0.2, 0) is 19.6 Å². The number of piperidine rings is 1. The fourth-order valence-electron chi connectivity index (χ4n) is 6.17. The molecular formula is C33H40N6O2. The lowest BCUT2D eigenvalue weighted by Crippen LogP contribution is -2.43. The van der Waals surface area contributed by atoms with Crippen molar-refractivity contribution in [3.8, 4) is 0 Å². The van der Waals surface area contributed by atoms with Crippen molar-refractivity contribution >= 4 is 16.9 Å². The van der Waals surface area contributed by atoms with Crippen molar-refractivity contribution in [3.63, 3.8) is 0 Å². The molecule has 4 aromatic rings. The summed E-state index contributed by atoms with van der Waals surface area (Å²) in [7, 11) is 2.21. The van der Waals surface area contributed by atoms with Gasteiger partial charge in [-0.1, -0.05) is 36.4 Å².